The minimum atomic E-state index is 0.0142. The van der Waals surface area contributed by atoms with Gasteiger partial charge in [0.05, 0.1) is 12.1 Å². The molecule has 4 rings (SSSR count). The van der Waals surface area contributed by atoms with E-state index in [0.717, 1.165) is 45.0 Å². The van der Waals surface area contributed by atoms with Crippen LogP contribution in [0.25, 0.3) is 0 Å². The van der Waals surface area contributed by atoms with E-state index in [2.05, 4.69) is 15.2 Å². The van der Waals surface area contributed by atoms with Crippen molar-refractivity contribution in [2.45, 2.75) is 44.6 Å². The molecule has 7 nitrogen and oxygen atoms in total. The fourth-order valence-corrected chi connectivity index (χ4v) is 4.67. The summed E-state index contributed by atoms with van der Waals surface area (Å²) in [6, 6.07) is 4.42. The van der Waals surface area contributed by atoms with Crippen molar-refractivity contribution in [2.24, 2.45) is 0 Å². The normalized spacial score (nSPS) is 22.6. The molecule has 2 aliphatic heterocycles. The van der Waals surface area contributed by atoms with Crippen LogP contribution in [0.4, 0.5) is 5.82 Å². The summed E-state index contributed by atoms with van der Waals surface area (Å²) in [5.41, 5.74) is 0.635. The molecule has 0 atom stereocenters. The summed E-state index contributed by atoms with van der Waals surface area (Å²) in [4.78, 5) is 35.5. The van der Waals surface area contributed by atoms with Gasteiger partial charge in [0, 0.05) is 51.5 Å². The number of amides is 2. The molecule has 1 N–H and O–H groups in total. The number of nitrogens with one attached hydrogen (secondary N) is 1. The zero-order chi connectivity index (χ0) is 19.3. The monoisotopic (exact) mass is 385 g/mol. The summed E-state index contributed by atoms with van der Waals surface area (Å²) in [6.07, 6.45) is 9.40. The van der Waals surface area contributed by atoms with Gasteiger partial charge < -0.3 is 15.1 Å². The summed E-state index contributed by atoms with van der Waals surface area (Å²) in [5.74, 6) is 0.840. The Morgan fingerprint density at radius 1 is 1.00 bits per heavy atom. The van der Waals surface area contributed by atoms with E-state index < -0.39 is 0 Å². The fourth-order valence-electron chi connectivity index (χ4n) is 4.67. The zero-order valence-electron chi connectivity index (χ0n) is 16.6. The molecule has 3 aliphatic rings. The van der Waals surface area contributed by atoms with Gasteiger partial charge in [-0.1, -0.05) is 19.3 Å². The van der Waals surface area contributed by atoms with Crippen molar-refractivity contribution in [1.82, 2.24) is 20.1 Å². The molecule has 152 valence electrons. The Bertz CT molecular complexity index is 687. The van der Waals surface area contributed by atoms with Gasteiger partial charge in [-0.25, -0.2) is 4.98 Å². The Morgan fingerprint density at radius 2 is 1.86 bits per heavy atom. The van der Waals surface area contributed by atoms with Crippen LogP contribution >= 0.6 is 0 Å². The van der Waals surface area contributed by atoms with E-state index in [9.17, 15) is 9.59 Å². The van der Waals surface area contributed by atoms with Gasteiger partial charge in [-0.15, -0.1) is 0 Å². The topological polar surface area (TPSA) is 68.8 Å². The van der Waals surface area contributed by atoms with Gasteiger partial charge >= 0.3 is 0 Å². The van der Waals surface area contributed by atoms with Crippen molar-refractivity contribution in [3.05, 3.63) is 23.9 Å². The van der Waals surface area contributed by atoms with Crippen LogP contribution < -0.4 is 10.2 Å². The van der Waals surface area contributed by atoms with Gasteiger partial charge in [-0.3, -0.25) is 14.5 Å². The predicted molar refractivity (Wildman–Crippen MR) is 108 cm³/mol. The second-order valence-corrected chi connectivity index (χ2v) is 8.15. The number of carbonyl (C=O) groups excluding carboxylic acids is 2. The van der Waals surface area contributed by atoms with Crippen LogP contribution in [-0.2, 0) is 4.79 Å². The van der Waals surface area contributed by atoms with Crippen molar-refractivity contribution in [2.75, 3.05) is 50.7 Å². The van der Waals surface area contributed by atoms with Crippen molar-refractivity contribution in [1.29, 1.82) is 0 Å². The van der Waals surface area contributed by atoms with Crippen molar-refractivity contribution >= 4 is 17.6 Å². The van der Waals surface area contributed by atoms with Gasteiger partial charge in [0.2, 0.25) is 5.91 Å². The lowest BCUT2D eigenvalue weighted by Crippen LogP contribution is -2.48. The molecule has 0 radical (unpaired) electrons. The lowest BCUT2D eigenvalue weighted by atomic mass is 9.94. The molecule has 0 aromatic carbocycles. The Morgan fingerprint density at radius 3 is 2.61 bits per heavy atom. The molecule has 2 saturated heterocycles. The predicted octanol–water partition coefficient (Wildman–Crippen LogP) is 1.50. The van der Waals surface area contributed by atoms with E-state index >= 15 is 0 Å². The Labute approximate surface area is 167 Å². The van der Waals surface area contributed by atoms with Gasteiger partial charge in [0.15, 0.2) is 0 Å². The average molecular weight is 386 g/mol. The first kappa shape index (κ1) is 19.2. The third-order valence-electron chi connectivity index (χ3n) is 6.27. The number of hydrogen-bond donors (Lipinski definition) is 1. The number of aromatic nitrogens is 1. The number of rotatable bonds is 3. The molecule has 2 amide bonds. The summed E-state index contributed by atoms with van der Waals surface area (Å²) in [7, 11) is 0. The highest BCUT2D eigenvalue weighted by molar-refractivity contribution is 5.94. The van der Waals surface area contributed by atoms with E-state index in [1.165, 1.54) is 32.1 Å². The number of piperazine rings is 1. The maximum Gasteiger partial charge on any atom is 0.255 e. The Kier molecular flexibility index (Phi) is 6.10. The number of pyridine rings is 1. The smallest absolute Gasteiger partial charge is 0.255 e. The van der Waals surface area contributed by atoms with Crippen LogP contribution in [0.5, 0.6) is 0 Å². The van der Waals surface area contributed by atoms with E-state index in [1.807, 2.05) is 21.9 Å². The third kappa shape index (κ3) is 4.46. The van der Waals surface area contributed by atoms with E-state index in [0.29, 0.717) is 24.7 Å². The molecule has 0 bridgehead atoms. The van der Waals surface area contributed by atoms with Crippen molar-refractivity contribution < 1.29 is 9.59 Å². The molecule has 1 aromatic heterocycles. The molecule has 1 saturated carbocycles. The minimum Gasteiger partial charge on any atom is -0.353 e. The van der Waals surface area contributed by atoms with Crippen LogP contribution in [0, 0.1) is 0 Å². The van der Waals surface area contributed by atoms with Gasteiger partial charge in [-0.05, 0) is 31.4 Å². The third-order valence-corrected chi connectivity index (χ3v) is 6.27. The highest BCUT2D eigenvalue weighted by Crippen LogP contribution is 2.24. The molecular weight excluding hydrogens is 354 g/mol. The first-order chi connectivity index (χ1) is 13.7. The zero-order valence-corrected chi connectivity index (χ0v) is 16.6. The summed E-state index contributed by atoms with van der Waals surface area (Å²) in [6.45, 7) is 5.39. The van der Waals surface area contributed by atoms with Crippen LogP contribution in [0.3, 0.4) is 0 Å². The van der Waals surface area contributed by atoms with Gasteiger partial charge in [0.1, 0.15) is 5.82 Å². The van der Waals surface area contributed by atoms with Crippen LogP contribution in [0.15, 0.2) is 18.3 Å². The Hall–Kier alpha value is -2.15. The molecule has 7 heteroatoms. The SMILES string of the molecule is O=C1CN(c2ccc(C(=O)N3CCCN(C4CCCCC4)CC3)cn2)CCN1. The van der Waals surface area contributed by atoms with E-state index in [1.54, 1.807) is 6.20 Å². The quantitative estimate of drug-likeness (QED) is 0.854. The summed E-state index contributed by atoms with van der Waals surface area (Å²) >= 11 is 0. The number of anilines is 1. The number of hydrogen-bond acceptors (Lipinski definition) is 5. The minimum absolute atomic E-state index is 0.0142. The molecule has 3 heterocycles. The summed E-state index contributed by atoms with van der Waals surface area (Å²) < 4.78 is 0. The number of carbonyl (C=O) groups is 2. The second kappa shape index (κ2) is 8.90. The maximum absolute atomic E-state index is 13.0. The second-order valence-electron chi connectivity index (χ2n) is 8.15. The van der Waals surface area contributed by atoms with Gasteiger partial charge in [-0.2, -0.15) is 0 Å². The van der Waals surface area contributed by atoms with Crippen LogP contribution in [0.1, 0.15) is 48.9 Å². The van der Waals surface area contributed by atoms with Gasteiger partial charge in [0.25, 0.3) is 5.91 Å². The molecule has 0 unspecified atom stereocenters. The summed E-state index contributed by atoms with van der Waals surface area (Å²) in [5, 5.41) is 2.81. The molecule has 1 aromatic rings. The fraction of sp³-hybridized carbons (Fsp3) is 0.667. The first-order valence-corrected chi connectivity index (χ1v) is 10.7. The molecule has 3 fully saturated rings. The molecule has 28 heavy (non-hydrogen) atoms. The van der Waals surface area contributed by atoms with Crippen molar-refractivity contribution in [3.8, 4) is 0 Å². The molecule has 1 aliphatic carbocycles. The largest absolute Gasteiger partial charge is 0.353 e. The van der Waals surface area contributed by atoms with E-state index in [-0.39, 0.29) is 11.8 Å². The standard InChI is InChI=1S/C21H31N5O2/c27-20-16-26(12-9-22-20)19-8-7-17(15-23-19)21(28)25-11-4-10-24(13-14-25)18-5-2-1-3-6-18/h7-8,15,18H,1-6,9-14,16H2,(H,22,27). The first-order valence-electron chi connectivity index (χ1n) is 10.7. The Balaban J connectivity index is 1.35. The van der Waals surface area contributed by atoms with Crippen molar-refractivity contribution in [3.63, 3.8) is 0 Å². The maximum atomic E-state index is 13.0. The van der Waals surface area contributed by atoms with Crippen LogP contribution in [-0.4, -0.2) is 78.5 Å². The molecular formula is C21H31N5O2. The average Bonchev–Trinajstić information content (AvgIpc) is 3.00. The number of nitrogens with zero attached hydrogens (tertiary/aromatic N) is 4. The lowest BCUT2D eigenvalue weighted by Gasteiger charge is -2.33. The van der Waals surface area contributed by atoms with E-state index in [4.69, 9.17) is 0 Å². The van der Waals surface area contributed by atoms with Crippen LogP contribution in [0.2, 0.25) is 0 Å². The highest BCUT2D eigenvalue weighted by atomic mass is 16.2. The molecule has 0 spiro atoms. The lowest BCUT2D eigenvalue weighted by molar-refractivity contribution is -0.120. The highest BCUT2D eigenvalue weighted by Gasteiger charge is 2.26.